The molecule has 1 saturated heterocycles. The molecule has 2 heterocycles. The van der Waals surface area contributed by atoms with Crippen molar-refractivity contribution in [2.45, 2.75) is 31.7 Å². The third-order valence-electron chi connectivity index (χ3n) is 3.26. The summed E-state index contributed by atoms with van der Waals surface area (Å²) in [6.07, 6.45) is 7.07. The van der Waals surface area contributed by atoms with Crippen LogP contribution in [0.2, 0.25) is 0 Å². The molecule has 1 N–H and O–H groups in total. The summed E-state index contributed by atoms with van der Waals surface area (Å²) in [6, 6.07) is 3.80. The van der Waals surface area contributed by atoms with Crippen molar-refractivity contribution in [2.75, 3.05) is 13.2 Å². The second-order valence-electron chi connectivity index (χ2n) is 4.40. The van der Waals surface area contributed by atoms with Gasteiger partial charge in [-0.1, -0.05) is 0 Å². The van der Waals surface area contributed by atoms with Crippen molar-refractivity contribution in [3.63, 3.8) is 0 Å². The van der Waals surface area contributed by atoms with E-state index in [1.54, 1.807) is 24.5 Å². The fourth-order valence-electron chi connectivity index (χ4n) is 2.39. The number of rotatable bonds is 4. The molecule has 1 fully saturated rings. The van der Waals surface area contributed by atoms with Crippen molar-refractivity contribution >= 4 is 5.91 Å². The van der Waals surface area contributed by atoms with E-state index in [4.69, 9.17) is 5.11 Å². The van der Waals surface area contributed by atoms with Gasteiger partial charge in [-0.25, -0.2) is 0 Å². The summed E-state index contributed by atoms with van der Waals surface area (Å²) >= 11 is 0. The van der Waals surface area contributed by atoms with E-state index < -0.39 is 0 Å². The SMILES string of the molecule is O=C(c1ccncc1)N1CCCC1CCCO. The number of hydrogen-bond donors (Lipinski definition) is 1. The van der Waals surface area contributed by atoms with Crippen LogP contribution in [0.5, 0.6) is 0 Å². The van der Waals surface area contributed by atoms with Crippen LogP contribution in [0.3, 0.4) is 0 Å². The molecule has 0 aromatic carbocycles. The fraction of sp³-hybridized carbons (Fsp3) is 0.538. The van der Waals surface area contributed by atoms with Crippen molar-refractivity contribution in [3.05, 3.63) is 30.1 Å². The molecule has 0 radical (unpaired) electrons. The number of aromatic nitrogens is 1. The van der Waals surface area contributed by atoms with Gasteiger partial charge in [0.15, 0.2) is 0 Å². The first-order valence-corrected chi connectivity index (χ1v) is 6.15. The quantitative estimate of drug-likeness (QED) is 0.858. The van der Waals surface area contributed by atoms with E-state index >= 15 is 0 Å². The number of hydrogen-bond acceptors (Lipinski definition) is 3. The first-order chi connectivity index (χ1) is 8.33. The third kappa shape index (κ3) is 2.82. The summed E-state index contributed by atoms with van der Waals surface area (Å²) < 4.78 is 0. The van der Waals surface area contributed by atoms with Gasteiger partial charge in [-0.2, -0.15) is 0 Å². The summed E-state index contributed by atoms with van der Waals surface area (Å²) in [6.45, 7) is 1.03. The average Bonchev–Trinajstić information content (AvgIpc) is 2.84. The van der Waals surface area contributed by atoms with Crippen LogP contribution in [-0.2, 0) is 0 Å². The number of carbonyl (C=O) groups is 1. The van der Waals surface area contributed by atoms with E-state index in [9.17, 15) is 4.79 Å². The van der Waals surface area contributed by atoms with Crippen LogP contribution < -0.4 is 0 Å². The largest absolute Gasteiger partial charge is 0.396 e. The second-order valence-corrected chi connectivity index (χ2v) is 4.40. The highest BCUT2D eigenvalue weighted by molar-refractivity contribution is 5.94. The number of pyridine rings is 1. The smallest absolute Gasteiger partial charge is 0.254 e. The Morgan fingerprint density at radius 3 is 2.94 bits per heavy atom. The summed E-state index contributed by atoms with van der Waals surface area (Å²) in [5, 5.41) is 8.86. The predicted octanol–water partition coefficient (Wildman–Crippen LogP) is 1.46. The zero-order valence-electron chi connectivity index (χ0n) is 9.88. The van der Waals surface area contributed by atoms with Crippen LogP contribution >= 0.6 is 0 Å². The van der Waals surface area contributed by atoms with Crippen molar-refractivity contribution in [3.8, 4) is 0 Å². The van der Waals surface area contributed by atoms with Gasteiger partial charge >= 0.3 is 0 Å². The number of aliphatic hydroxyl groups excluding tert-OH is 1. The fourth-order valence-corrected chi connectivity index (χ4v) is 2.39. The van der Waals surface area contributed by atoms with Crippen LogP contribution in [-0.4, -0.2) is 40.1 Å². The minimum absolute atomic E-state index is 0.0906. The van der Waals surface area contributed by atoms with Crippen LogP contribution in [0, 0.1) is 0 Å². The zero-order chi connectivity index (χ0) is 12.1. The Labute approximate surface area is 101 Å². The van der Waals surface area contributed by atoms with E-state index in [0.29, 0.717) is 11.6 Å². The van der Waals surface area contributed by atoms with E-state index in [2.05, 4.69) is 4.98 Å². The Morgan fingerprint density at radius 2 is 2.24 bits per heavy atom. The van der Waals surface area contributed by atoms with Crippen LogP contribution in [0.25, 0.3) is 0 Å². The molecule has 1 aromatic rings. The van der Waals surface area contributed by atoms with Crippen molar-refractivity contribution < 1.29 is 9.90 Å². The lowest BCUT2D eigenvalue weighted by atomic mass is 10.1. The van der Waals surface area contributed by atoms with Crippen LogP contribution in [0.4, 0.5) is 0 Å². The van der Waals surface area contributed by atoms with E-state index in [1.807, 2.05) is 4.90 Å². The molecule has 4 nitrogen and oxygen atoms in total. The maximum atomic E-state index is 12.3. The van der Waals surface area contributed by atoms with Crippen molar-refractivity contribution in [1.82, 2.24) is 9.88 Å². The number of amides is 1. The van der Waals surface area contributed by atoms with Gasteiger partial charge in [0.25, 0.3) is 5.91 Å². The summed E-state index contributed by atoms with van der Waals surface area (Å²) in [5.74, 6) is 0.0906. The van der Waals surface area contributed by atoms with Gasteiger partial charge in [0.1, 0.15) is 0 Å². The van der Waals surface area contributed by atoms with Crippen LogP contribution in [0.1, 0.15) is 36.0 Å². The minimum Gasteiger partial charge on any atom is -0.396 e. The Bertz CT molecular complexity index is 367. The molecule has 1 atom stereocenters. The molecule has 0 aliphatic carbocycles. The van der Waals surface area contributed by atoms with Crippen LogP contribution in [0.15, 0.2) is 24.5 Å². The molecule has 1 aliphatic rings. The molecule has 17 heavy (non-hydrogen) atoms. The molecule has 1 amide bonds. The second kappa shape index (κ2) is 5.77. The number of carbonyl (C=O) groups excluding carboxylic acids is 1. The van der Waals surface area contributed by atoms with Gasteiger partial charge < -0.3 is 10.0 Å². The number of aliphatic hydroxyl groups is 1. The minimum atomic E-state index is 0.0906. The first-order valence-electron chi connectivity index (χ1n) is 6.15. The Morgan fingerprint density at radius 1 is 1.47 bits per heavy atom. The highest BCUT2D eigenvalue weighted by Crippen LogP contribution is 2.23. The first kappa shape index (κ1) is 12.0. The molecule has 0 bridgehead atoms. The lowest BCUT2D eigenvalue weighted by molar-refractivity contribution is 0.0724. The molecular weight excluding hydrogens is 216 g/mol. The van der Waals surface area contributed by atoms with Crippen molar-refractivity contribution in [2.24, 2.45) is 0 Å². The Hall–Kier alpha value is -1.42. The predicted molar refractivity (Wildman–Crippen MR) is 64.6 cm³/mol. The monoisotopic (exact) mass is 234 g/mol. The van der Waals surface area contributed by atoms with Crippen molar-refractivity contribution in [1.29, 1.82) is 0 Å². The maximum Gasteiger partial charge on any atom is 0.254 e. The number of likely N-dealkylation sites (tertiary alicyclic amines) is 1. The van der Waals surface area contributed by atoms with Gasteiger partial charge in [-0.05, 0) is 37.8 Å². The highest BCUT2D eigenvalue weighted by Gasteiger charge is 2.28. The lowest BCUT2D eigenvalue weighted by Crippen LogP contribution is -2.35. The van der Waals surface area contributed by atoms with Gasteiger partial charge in [0, 0.05) is 37.2 Å². The molecule has 2 rings (SSSR count). The topological polar surface area (TPSA) is 53.4 Å². The highest BCUT2D eigenvalue weighted by atomic mass is 16.3. The Balaban J connectivity index is 2.03. The molecule has 0 spiro atoms. The van der Waals surface area contributed by atoms with E-state index in [0.717, 1.165) is 32.2 Å². The molecule has 0 saturated carbocycles. The zero-order valence-corrected chi connectivity index (χ0v) is 9.88. The standard InChI is InChI=1S/C13H18N2O2/c16-10-2-4-12-3-1-9-15(12)13(17)11-5-7-14-8-6-11/h5-8,12,16H,1-4,9-10H2. The van der Waals surface area contributed by atoms with Gasteiger partial charge in [0.05, 0.1) is 0 Å². The molecular formula is C13H18N2O2. The Kier molecular flexibility index (Phi) is 4.09. The molecule has 92 valence electrons. The molecule has 1 aliphatic heterocycles. The summed E-state index contributed by atoms with van der Waals surface area (Å²) in [5.41, 5.74) is 0.705. The molecule has 1 unspecified atom stereocenters. The molecule has 4 heteroatoms. The molecule has 1 aromatic heterocycles. The lowest BCUT2D eigenvalue weighted by Gasteiger charge is -2.24. The number of nitrogens with zero attached hydrogens (tertiary/aromatic N) is 2. The average molecular weight is 234 g/mol. The summed E-state index contributed by atoms with van der Waals surface area (Å²) in [4.78, 5) is 18.1. The maximum absolute atomic E-state index is 12.3. The van der Waals surface area contributed by atoms with E-state index in [1.165, 1.54) is 0 Å². The van der Waals surface area contributed by atoms with Gasteiger partial charge in [0.2, 0.25) is 0 Å². The third-order valence-corrected chi connectivity index (χ3v) is 3.26. The normalized spacial score (nSPS) is 19.6. The van der Waals surface area contributed by atoms with Gasteiger partial charge in [-0.3, -0.25) is 9.78 Å². The van der Waals surface area contributed by atoms with Gasteiger partial charge in [-0.15, -0.1) is 0 Å². The van der Waals surface area contributed by atoms with E-state index in [-0.39, 0.29) is 12.5 Å². The summed E-state index contributed by atoms with van der Waals surface area (Å²) in [7, 11) is 0.